The minimum absolute atomic E-state index is 0.0232. The van der Waals surface area contributed by atoms with Crippen molar-refractivity contribution < 1.29 is 42.1 Å². The largest absolute Gasteiger partial charge is 0.472 e. The lowest BCUT2D eigenvalue weighted by Gasteiger charge is -2.24. The summed E-state index contributed by atoms with van der Waals surface area (Å²) in [6, 6.07) is 0. The van der Waals surface area contributed by atoms with Gasteiger partial charge in [0.2, 0.25) is 0 Å². The van der Waals surface area contributed by atoms with Gasteiger partial charge in [-0.2, -0.15) is 0 Å². The van der Waals surface area contributed by atoms with Gasteiger partial charge in [-0.3, -0.25) is 18.6 Å². The minimum atomic E-state index is -4.39. The molecule has 0 aliphatic carbocycles. The molecule has 0 fully saturated rings. The summed E-state index contributed by atoms with van der Waals surface area (Å²) in [5.74, 6) is -0.842. The first kappa shape index (κ1) is 55.7. The molecule has 1 N–H and O–H groups in total. The fourth-order valence-corrected chi connectivity index (χ4v) is 6.61. The third-order valence-electron chi connectivity index (χ3n) is 9.52. The van der Waals surface area contributed by atoms with Gasteiger partial charge in [-0.05, 0) is 83.5 Å². The smallest absolute Gasteiger partial charge is 0.462 e. The van der Waals surface area contributed by atoms with Crippen LogP contribution >= 0.6 is 7.82 Å². The normalized spacial score (nSPS) is 14.1. The van der Waals surface area contributed by atoms with Gasteiger partial charge < -0.3 is 18.9 Å². The van der Waals surface area contributed by atoms with Crippen LogP contribution in [0.2, 0.25) is 0 Å². The molecule has 0 aromatic carbocycles. The standard InChI is InChI=1S/C48H86NO8P/c1-6-8-10-12-14-16-18-20-22-23-24-25-27-28-30-32-34-36-38-40-47(50)54-44-46(45-56-58(52,53)55-43-42-49(3,4)5)57-48(51)41-39-37-35-33-31-29-26-21-19-17-15-13-11-9-7-2/h14,16-17,19-20,22,24-25,28,30,46H,6-13,15,18,21,23,26-27,29,31-45H2,1-5H3/p+1/b16-14+,19-17+,22-20+,25-24+,30-28+/t46-/m1/s1. The maximum absolute atomic E-state index is 12.7. The van der Waals surface area contributed by atoms with E-state index in [-0.39, 0.29) is 26.1 Å². The second-order valence-electron chi connectivity index (χ2n) is 16.4. The van der Waals surface area contributed by atoms with Crippen LogP contribution in [0.4, 0.5) is 0 Å². The second kappa shape index (κ2) is 40.1. The van der Waals surface area contributed by atoms with E-state index in [0.717, 1.165) is 64.2 Å². The van der Waals surface area contributed by atoms with E-state index in [2.05, 4.69) is 74.6 Å². The van der Waals surface area contributed by atoms with E-state index in [1.807, 2.05) is 21.1 Å². The van der Waals surface area contributed by atoms with Crippen LogP contribution in [0.15, 0.2) is 60.8 Å². The predicted molar refractivity (Wildman–Crippen MR) is 243 cm³/mol. The Labute approximate surface area is 356 Å². The van der Waals surface area contributed by atoms with Gasteiger partial charge >= 0.3 is 19.8 Å². The molecule has 0 rings (SSSR count). The van der Waals surface area contributed by atoms with E-state index in [0.29, 0.717) is 23.9 Å². The summed E-state index contributed by atoms with van der Waals surface area (Å²) in [4.78, 5) is 35.4. The topological polar surface area (TPSA) is 108 Å². The molecule has 9 nitrogen and oxygen atoms in total. The first-order valence-corrected chi connectivity index (χ1v) is 24.5. The summed E-state index contributed by atoms with van der Waals surface area (Å²) in [7, 11) is 1.45. The van der Waals surface area contributed by atoms with Crippen LogP contribution in [0.3, 0.4) is 0 Å². The van der Waals surface area contributed by atoms with E-state index in [4.69, 9.17) is 18.5 Å². The molecule has 2 atom stereocenters. The van der Waals surface area contributed by atoms with Crippen LogP contribution in [0.25, 0.3) is 0 Å². The molecule has 0 aromatic rings. The second-order valence-corrected chi connectivity index (χ2v) is 17.9. The van der Waals surface area contributed by atoms with Crippen LogP contribution in [-0.2, 0) is 32.7 Å². The number of rotatable bonds is 41. The number of hydrogen-bond acceptors (Lipinski definition) is 7. The van der Waals surface area contributed by atoms with Gasteiger partial charge in [-0.1, -0.05) is 145 Å². The quantitative estimate of drug-likeness (QED) is 0.0213. The molecule has 0 heterocycles. The monoisotopic (exact) mass is 837 g/mol. The fourth-order valence-electron chi connectivity index (χ4n) is 5.87. The summed E-state index contributed by atoms with van der Waals surface area (Å²) in [5, 5.41) is 0. The lowest BCUT2D eigenvalue weighted by Crippen LogP contribution is -2.37. The molecule has 1 unspecified atom stereocenters. The lowest BCUT2D eigenvalue weighted by atomic mass is 10.1. The number of phosphoric ester groups is 1. The zero-order valence-corrected chi connectivity index (χ0v) is 38.7. The number of esters is 2. The summed E-state index contributed by atoms with van der Waals surface area (Å²) in [6.45, 7) is 4.33. The number of carbonyl (C=O) groups is 2. The first-order valence-electron chi connectivity index (χ1n) is 23.0. The number of hydrogen-bond donors (Lipinski definition) is 1. The number of phosphoric acid groups is 1. The molecule has 0 aliphatic rings. The number of unbranched alkanes of at least 4 members (excludes halogenated alkanes) is 17. The Kier molecular flexibility index (Phi) is 38.5. The Morgan fingerprint density at radius 2 is 0.931 bits per heavy atom. The van der Waals surface area contributed by atoms with Crippen molar-refractivity contribution in [2.24, 2.45) is 0 Å². The molecular weight excluding hydrogens is 750 g/mol. The average molecular weight is 837 g/mol. The number of nitrogens with zero attached hydrogens (tertiary/aromatic N) is 1. The predicted octanol–water partition coefficient (Wildman–Crippen LogP) is 13.2. The van der Waals surface area contributed by atoms with Gasteiger partial charge in [0.25, 0.3) is 0 Å². The first-order chi connectivity index (χ1) is 28.0. The van der Waals surface area contributed by atoms with Crippen LogP contribution in [0.5, 0.6) is 0 Å². The van der Waals surface area contributed by atoms with Crippen molar-refractivity contribution >= 4 is 19.8 Å². The molecule has 0 amide bonds. The molecule has 0 spiro atoms. The summed E-state index contributed by atoms with van der Waals surface area (Å²) >= 11 is 0. The lowest BCUT2D eigenvalue weighted by molar-refractivity contribution is -0.870. The SMILES string of the molecule is CCCCC/C=C/C/C=C/C/C=C/C/C=C/CCCCCC(=O)OC[C@H](COP(=O)(O)OCC[N+](C)(C)C)OC(=O)CCCCCCCCC/C=C/CCCCCC. The maximum Gasteiger partial charge on any atom is 0.472 e. The Hall–Kier alpha value is -2.29. The number of likely N-dealkylation sites (N-methyl/N-ethyl adjacent to an activating group) is 1. The fraction of sp³-hybridized carbons (Fsp3) is 0.750. The summed E-state index contributed by atoms with van der Waals surface area (Å²) < 4.78 is 34.3. The van der Waals surface area contributed by atoms with E-state index >= 15 is 0 Å². The Morgan fingerprint density at radius 3 is 1.45 bits per heavy atom. The molecule has 0 radical (unpaired) electrons. The molecule has 58 heavy (non-hydrogen) atoms. The van der Waals surface area contributed by atoms with E-state index in [9.17, 15) is 19.0 Å². The van der Waals surface area contributed by atoms with E-state index in [1.165, 1.54) is 77.0 Å². The molecule has 336 valence electrons. The maximum atomic E-state index is 12.7. The zero-order valence-electron chi connectivity index (χ0n) is 37.8. The van der Waals surface area contributed by atoms with Crippen LogP contribution in [0, 0.1) is 0 Å². The van der Waals surface area contributed by atoms with Crippen LogP contribution in [-0.4, -0.2) is 74.9 Å². The van der Waals surface area contributed by atoms with E-state index in [1.54, 1.807) is 0 Å². The molecule has 0 bridgehead atoms. The highest BCUT2D eigenvalue weighted by molar-refractivity contribution is 7.47. The van der Waals surface area contributed by atoms with Gasteiger partial charge in [0.15, 0.2) is 6.10 Å². The van der Waals surface area contributed by atoms with Gasteiger partial charge in [0, 0.05) is 12.8 Å². The number of quaternary nitrogens is 1. The van der Waals surface area contributed by atoms with Gasteiger partial charge in [-0.15, -0.1) is 0 Å². The van der Waals surface area contributed by atoms with Gasteiger partial charge in [0.1, 0.15) is 19.8 Å². The highest BCUT2D eigenvalue weighted by atomic mass is 31.2. The number of carbonyl (C=O) groups excluding carboxylic acids is 2. The highest BCUT2D eigenvalue weighted by Gasteiger charge is 2.27. The van der Waals surface area contributed by atoms with E-state index < -0.39 is 32.5 Å². The molecule has 0 saturated carbocycles. The number of allylic oxidation sites excluding steroid dienone is 10. The summed E-state index contributed by atoms with van der Waals surface area (Å²) in [6.07, 6.45) is 48.3. The average Bonchev–Trinajstić information content (AvgIpc) is 3.17. The van der Waals surface area contributed by atoms with Crippen molar-refractivity contribution in [3.05, 3.63) is 60.8 Å². The molecular formula is C48H87NO8P+. The minimum Gasteiger partial charge on any atom is -0.462 e. The summed E-state index contributed by atoms with van der Waals surface area (Å²) in [5.41, 5.74) is 0. The Bertz CT molecular complexity index is 1170. The zero-order chi connectivity index (χ0) is 42.8. The van der Waals surface area contributed by atoms with Crippen molar-refractivity contribution in [1.82, 2.24) is 0 Å². The van der Waals surface area contributed by atoms with Crippen molar-refractivity contribution in [3.8, 4) is 0 Å². The van der Waals surface area contributed by atoms with Crippen molar-refractivity contribution in [2.75, 3.05) is 47.5 Å². The molecule has 0 aliphatic heterocycles. The number of ether oxygens (including phenoxy) is 2. The molecule has 0 aromatic heterocycles. The van der Waals surface area contributed by atoms with Crippen molar-refractivity contribution in [3.63, 3.8) is 0 Å². The molecule has 0 saturated heterocycles. The van der Waals surface area contributed by atoms with Crippen molar-refractivity contribution in [1.29, 1.82) is 0 Å². The van der Waals surface area contributed by atoms with Gasteiger partial charge in [-0.25, -0.2) is 4.57 Å². The third-order valence-corrected chi connectivity index (χ3v) is 10.5. The molecule has 10 heteroatoms. The third kappa shape index (κ3) is 43.3. The van der Waals surface area contributed by atoms with Crippen LogP contribution < -0.4 is 0 Å². The Balaban J connectivity index is 4.41. The van der Waals surface area contributed by atoms with Crippen LogP contribution in [0.1, 0.15) is 181 Å². The van der Waals surface area contributed by atoms with Crippen molar-refractivity contribution in [2.45, 2.75) is 187 Å². The Morgan fingerprint density at radius 1 is 0.534 bits per heavy atom. The van der Waals surface area contributed by atoms with Gasteiger partial charge in [0.05, 0.1) is 27.7 Å². The highest BCUT2D eigenvalue weighted by Crippen LogP contribution is 2.43.